The maximum atomic E-state index is 13.9. The van der Waals surface area contributed by atoms with Crippen LogP contribution in [0.3, 0.4) is 0 Å². The van der Waals surface area contributed by atoms with Crippen LogP contribution in [0.4, 0.5) is 9.18 Å². The van der Waals surface area contributed by atoms with E-state index in [2.05, 4.69) is 5.10 Å². The van der Waals surface area contributed by atoms with E-state index in [4.69, 9.17) is 31.0 Å². The van der Waals surface area contributed by atoms with E-state index < -0.39 is 30.6 Å². The first kappa shape index (κ1) is 23.5. The van der Waals surface area contributed by atoms with Crippen LogP contribution >= 0.6 is 11.6 Å². The number of carboxylic acid groups (broad SMARTS) is 1. The minimum absolute atomic E-state index is 0.0419. The largest absolute Gasteiger partial charge is 0.528 e. The Kier molecular flexibility index (Phi) is 6.99. The van der Waals surface area contributed by atoms with E-state index in [1.165, 1.54) is 23.3 Å². The molecular weight excluding hydrogens is 469 g/mol. The lowest BCUT2D eigenvalue weighted by atomic mass is 9.89. The third-order valence-electron chi connectivity index (χ3n) is 5.36. The fourth-order valence-electron chi connectivity index (χ4n) is 3.80. The molecule has 9 nitrogen and oxygen atoms in total. The van der Waals surface area contributed by atoms with E-state index in [1.807, 2.05) is 0 Å². The molecule has 0 amide bonds. The number of carbonyl (C=O) groups excluding carboxylic acids is 1. The number of aryl methyl sites for hydroxylation is 1. The summed E-state index contributed by atoms with van der Waals surface area (Å²) < 4.78 is 26.2. The Balaban J connectivity index is 1.65. The molecule has 1 N–H and O–H groups in total. The van der Waals surface area contributed by atoms with Gasteiger partial charge in [-0.05, 0) is 53.9 Å². The van der Waals surface area contributed by atoms with Crippen molar-refractivity contribution in [3.8, 4) is 5.75 Å². The molecule has 1 aliphatic heterocycles. The lowest BCUT2D eigenvalue weighted by Gasteiger charge is -2.36. The standard InChI is InChI=1S/C23H21ClFN3O6/c1-27-17(6-8-26-27)12-33-23(31)34-28-9-7-14-10-16(25)3-4-18(14)22(28)19-11-15(24)2-5-20(19)32-13-21(29)30/h2-6,8,10-11,22H,7,9,12-13H2,1H3,(H,29,30)/t22-/m0/s1. The number of nitrogens with zero attached hydrogens (tertiary/aromatic N) is 3. The molecule has 0 saturated heterocycles. The van der Waals surface area contributed by atoms with Gasteiger partial charge in [-0.15, -0.1) is 5.06 Å². The fourth-order valence-corrected chi connectivity index (χ4v) is 3.98. The zero-order valence-electron chi connectivity index (χ0n) is 18.1. The molecule has 2 heterocycles. The van der Waals surface area contributed by atoms with Crippen molar-refractivity contribution in [2.75, 3.05) is 13.2 Å². The van der Waals surface area contributed by atoms with Crippen molar-refractivity contribution in [3.63, 3.8) is 0 Å². The second-order valence-electron chi connectivity index (χ2n) is 7.58. The van der Waals surface area contributed by atoms with Crippen molar-refractivity contribution < 1.29 is 33.4 Å². The Morgan fingerprint density at radius 1 is 1.21 bits per heavy atom. The molecule has 1 aliphatic rings. The molecule has 178 valence electrons. The van der Waals surface area contributed by atoms with Gasteiger partial charge in [0.2, 0.25) is 0 Å². The summed E-state index contributed by atoms with van der Waals surface area (Å²) in [5.41, 5.74) is 2.51. The number of rotatable bonds is 7. The average Bonchev–Trinajstić information content (AvgIpc) is 3.21. The Bertz CT molecular complexity index is 1220. The highest BCUT2D eigenvalue weighted by atomic mass is 35.5. The minimum Gasteiger partial charge on any atom is -0.482 e. The highest BCUT2D eigenvalue weighted by molar-refractivity contribution is 6.30. The number of carboxylic acids is 1. The van der Waals surface area contributed by atoms with E-state index in [-0.39, 0.29) is 18.9 Å². The van der Waals surface area contributed by atoms with Gasteiger partial charge >= 0.3 is 12.1 Å². The molecule has 0 aliphatic carbocycles. The number of ether oxygens (including phenoxy) is 2. The first-order valence-corrected chi connectivity index (χ1v) is 10.7. The van der Waals surface area contributed by atoms with Crippen LogP contribution in [0, 0.1) is 5.82 Å². The van der Waals surface area contributed by atoms with Crippen molar-refractivity contribution in [3.05, 3.63) is 81.9 Å². The molecule has 1 atom stereocenters. The van der Waals surface area contributed by atoms with Gasteiger partial charge in [0, 0.05) is 30.4 Å². The van der Waals surface area contributed by atoms with Gasteiger partial charge in [-0.25, -0.2) is 14.0 Å². The summed E-state index contributed by atoms with van der Waals surface area (Å²) in [5.74, 6) is -1.31. The molecule has 11 heteroatoms. The van der Waals surface area contributed by atoms with Crippen molar-refractivity contribution in [1.29, 1.82) is 0 Å². The van der Waals surface area contributed by atoms with Crippen molar-refractivity contribution in [1.82, 2.24) is 14.8 Å². The summed E-state index contributed by atoms with van der Waals surface area (Å²) in [7, 11) is 1.72. The molecular formula is C23H21ClFN3O6. The van der Waals surface area contributed by atoms with E-state index >= 15 is 0 Å². The lowest BCUT2D eigenvalue weighted by molar-refractivity contribution is -0.153. The van der Waals surface area contributed by atoms with Gasteiger partial charge < -0.3 is 19.4 Å². The smallest absolute Gasteiger partial charge is 0.482 e. The van der Waals surface area contributed by atoms with Crippen LogP contribution in [0.2, 0.25) is 5.02 Å². The molecule has 0 bridgehead atoms. The van der Waals surface area contributed by atoms with Crippen LogP contribution in [0.5, 0.6) is 5.75 Å². The SMILES string of the molecule is Cn1nccc1COC(=O)ON1CCc2cc(F)ccc2[C@H]1c1cc(Cl)ccc1OCC(=O)O. The highest BCUT2D eigenvalue weighted by Gasteiger charge is 2.34. The predicted molar refractivity (Wildman–Crippen MR) is 118 cm³/mol. The van der Waals surface area contributed by atoms with Crippen LogP contribution < -0.4 is 4.74 Å². The number of benzene rings is 2. The van der Waals surface area contributed by atoms with Gasteiger partial charge in [0.15, 0.2) is 6.61 Å². The van der Waals surface area contributed by atoms with E-state index in [1.54, 1.807) is 42.2 Å². The maximum absolute atomic E-state index is 13.9. The summed E-state index contributed by atoms with van der Waals surface area (Å²) in [4.78, 5) is 29.1. The number of carbonyl (C=O) groups is 2. The van der Waals surface area contributed by atoms with Gasteiger partial charge in [0.1, 0.15) is 18.2 Å². The van der Waals surface area contributed by atoms with E-state index in [0.29, 0.717) is 28.3 Å². The average molecular weight is 490 g/mol. The van der Waals surface area contributed by atoms with Crippen LogP contribution in [-0.4, -0.2) is 45.2 Å². The Labute approximate surface area is 199 Å². The summed E-state index contributed by atoms with van der Waals surface area (Å²) in [6.07, 6.45) is 1.05. The maximum Gasteiger partial charge on any atom is 0.528 e. The molecule has 2 aromatic carbocycles. The zero-order valence-corrected chi connectivity index (χ0v) is 18.9. The lowest BCUT2D eigenvalue weighted by Crippen LogP contribution is -2.38. The molecule has 0 saturated carbocycles. The number of aliphatic carboxylic acids is 1. The topological polar surface area (TPSA) is 103 Å². The number of hydroxylamine groups is 2. The summed E-state index contributed by atoms with van der Waals surface area (Å²) in [5, 5.41) is 14.8. The Hall–Kier alpha value is -3.63. The van der Waals surface area contributed by atoms with Crippen molar-refractivity contribution in [2.24, 2.45) is 7.05 Å². The third kappa shape index (κ3) is 5.29. The quantitative estimate of drug-likeness (QED) is 0.498. The van der Waals surface area contributed by atoms with E-state index in [9.17, 15) is 14.0 Å². The first-order chi connectivity index (χ1) is 16.3. The van der Waals surface area contributed by atoms with Gasteiger partial charge in [-0.2, -0.15) is 5.10 Å². The zero-order chi connectivity index (χ0) is 24.2. The first-order valence-electron chi connectivity index (χ1n) is 10.3. The highest BCUT2D eigenvalue weighted by Crippen LogP contribution is 2.41. The molecule has 3 aromatic rings. The van der Waals surface area contributed by atoms with E-state index in [0.717, 1.165) is 5.56 Å². The number of fused-ring (bicyclic) bond motifs is 1. The monoisotopic (exact) mass is 489 g/mol. The van der Waals surface area contributed by atoms with Crippen molar-refractivity contribution >= 4 is 23.7 Å². The molecule has 34 heavy (non-hydrogen) atoms. The Morgan fingerprint density at radius 3 is 2.76 bits per heavy atom. The summed E-state index contributed by atoms with van der Waals surface area (Å²) in [6.45, 7) is -0.391. The third-order valence-corrected chi connectivity index (χ3v) is 5.59. The van der Waals surface area contributed by atoms with Crippen LogP contribution in [0.25, 0.3) is 0 Å². The normalized spacial score (nSPS) is 15.4. The fraction of sp³-hybridized carbons (Fsp3) is 0.261. The van der Waals surface area contributed by atoms with Crippen LogP contribution in [0.15, 0.2) is 48.7 Å². The van der Waals surface area contributed by atoms with Gasteiger partial charge in [0.25, 0.3) is 0 Å². The summed E-state index contributed by atoms with van der Waals surface area (Å²) in [6, 6.07) is 9.98. The predicted octanol–water partition coefficient (Wildman–Crippen LogP) is 3.89. The molecule has 0 radical (unpaired) electrons. The molecule has 0 fully saturated rings. The van der Waals surface area contributed by atoms with Crippen LogP contribution in [0.1, 0.15) is 28.4 Å². The number of hydrogen-bond acceptors (Lipinski definition) is 7. The number of halogens is 2. The van der Waals surface area contributed by atoms with Crippen molar-refractivity contribution in [2.45, 2.75) is 19.1 Å². The minimum atomic E-state index is -1.15. The molecule has 0 unspecified atom stereocenters. The van der Waals surface area contributed by atoms with Gasteiger partial charge in [-0.1, -0.05) is 17.7 Å². The molecule has 0 spiro atoms. The second-order valence-corrected chi connectivity index (χ2v) is 8.01. The summed E-state index contributed by atoms with van der Waals surface area (Å²) >= 11 is 6.24. The number of hydrogen-bond donors (Lipinski definition) is 1. The Morgan fingerprint density at radius 2 is 2.03 bits per heavy atom. The van der Waals surface area contributed by atoms with Gasteiger partial charge in [0.05, 0.1) is 11.7 Å². The van der Waals surface area contributed by atoms with Gasteiger partial charge in [-0.3, -0.25) is 4.68 Å². The molecule has 1 aromatic heterocycles. The number of aromatic nitrogens is 2. The van der Waals surface area contributed by atoms with Crippen LogP contribution in [-0.2, 0) is 34.4 Å². The second kappa shape index (κ2) is 10.1. The molecule has 4 rings (SSSR count).